The maximum Gasteiger partial charge on any atom is 0.305 e. The normalized spacial score (nSPS) is 10.9. The summed E-state index contributed by atoms with van der Waals surface area (Å²) in [5, 5.41) is 10.9. The number of carboxylic acid groups (broad SMARTS) is 1. The molecule has 0 atom stereocenters. The van der Waals surface area contributed by atoms with Gasteiger partial charge in [-0.3, -0.25) is 4.79 Å². The van der Waals surface area contributed by atoms with Crippen LogP contribution in [0.4, 0.5) is 0 Å². The van der Waals surface area contributed by atoms with Crippen LogP contribution in [0.3, 0.4) is 0 Å². The zero-order chi connectivity index (χ0) is 14.9. The Balaban J connectivity index is 1.62. The quantitative estimate of drug-likeness (QED) is 0.721. The van der Waals surface area contributed by atoms with Crippen LogP contribution in [-0.4, -0.2) is 37.5 Å². The van der Waals surface area contributed by atoms with Crippen LogP contribution in [0, 0.1) is 0 Å². The van der Waals surface area contributed by atoms with Gasteiger partial charge < -0.3 is 14.6 Å². The number of hydrogen-bond donors (Lipinski definition) is 1. The number of benzene rings is 2. The summed E-state index contributed by atoms with van der Waals surface area (Å²) in [4.78, 5) is 10.3. The molecule has 0 saturated carbocycles. The summed E-state index contributed by atoms with van der Waals surface area (Å²) >= 11 is 0. The van der Waals surface area contributed by atoms with Gasteiger partial charge in [-0.15, -0.1) is 0 Å². The Kier molecular flexibility index (Phi) is 6.19. The molecule has 2 aromatic rings. The third-order valence-corrected chi connectivity index (χ3v) is 3.18. The monoisotopic (exact) mass is 288 g/mol. The molecule has 0 saturated heterocycles. The first-order chi connectivity index (χ1) is 10.3. The Morgan fingerprint density at radius 1 is 0.905 bits per heavy atom. The highest BCUT2D eigenvalue weighted by molar-refractivity contribution is 5.82. The van der Waals surface area contributed by atoms with Crippen molar-refractivity contribution in [3.63, 3.8) is 0 Å². The highest BCUT2D eigenvalue weighted by Crippen LogP contribution is 2.15. The van der Waals surface area contributed by atoms with E-state index in [4.69, 9.17) is 14.6 Å². The smallest absolute Gasteiger partial charge is 0.305 e. The van der Waals surface area contributed by atoms with E-state index in [1.54, 1.807) is 0 Å². The zero-order valence-electron chi connectivity index (χ0n) is 12.0. The van der Waals surface area contributed by atoms with Crippen molar-refractivity contribution in [3.05, 3.63) is 48.0 Å². The number of carbonyl (C=O) groups is 1. The second kappa shape index (κ2) is 8.39. The molecule has 2 aromatic carbocycles. The summed E-state index contributed by atoms with van der Waals surface area (Å²) in [7, 11) is 0. The maximum atomic E-state index is 10.3. The lowest BCUT2D eigenvalue weighted by Gasteiger charge is -2.06. The molecular weight excluding hydrogens is 268 g/mol. The molecule has 0 amide bonds. The molecule has 1 N–H and O–H groups in total. The molecule has 0 aliphatic heterocycles. The molecule has 0 heterocycles. The van der Waals surface area contributed by atoms with Crippen LogP contribution in [0.15, 0.2) is 42.5 Å². The van der Waals surface area contributed by atoms with Gasteiger partial charge in [-0.25, -0.2) is 0 Å². The number of hydrogen-bond acceptors (Lipinski definition) is 3. The predicted molar refractivity (Wildman–Crippen MR) is 81.5 cm³/mol. The summed E-state index contributed by atoms with van der Waals surface area (Å²) in [6.45, 7) is 1.81. The van der Waals surface area contributed by atoms with Gasteiger partial charge in [0.05, 0.1) is 32.8 Å². The third-order valence-electron chi connectivity index (χ3n) is 3.18. The van der Waals surface area contributed by atoms with Crippen molar-refractivity contribution in [2.24, 2.45) is 0 Å². The van der Waals surface area contributed by atoms with Crippen molar-refractivity contribution < 1.29 is 19.4 Å². The van der Waals surface area contributed by atoms with E-state index < -0.39 is 5.97 Å². The van der Waals surface area contributed by atoms with Crippen LogP contribution in [0.2, 0.25) is 0 Å². The number of ether oxygens (including phenoxy) is 2. The highest BCUT2D eigenvalue weighted by Gasteiger charge is 1.98. The van der Waals surface area contributed by atoms with Crippen LogP contribution < -0.4 is 0 Å². The van der Waals surface area contributed by atoms with Gasteiger partial charge in [-0.2, -0.15) is 0 Å². The maximum absolute atomic E-state index is 10.3. The lowest BCUT2D eigenvalue weighted by molar-refractivity contribution is -0.138. The molecule has 0 spiro atoms. The molecule has 0 aliphatic carbocycles. The van der Waals surface area contributed by atoms with E-state index in [0.717, 1.165) is 6.42 Å². The zero-order valence-corrected chi connectivity index (χ0v) is 12.0. The molecular formula is C17H20O4. The van der Waals surface area contributed by atoms with Gasteiger partial charge in [-0.05, 0) is 22.8 Å². The van der Waals surface area contributed by atoms with Crippen LogP contribution in [0.1, 0.15) is 12.0 Å². The topological polar surface area (TPSA) is 55.8 Å². The SMILES string of the molecule is O=C(O)CCOCCOCCc1ccc2ccccc2c1. The third kappa shape index (κ3) is 5.53. The van der Waals surface area contributed by atoms with Gasteiger partial charge in [0.1, 0.15) is 0 Å². The summed E-state index contributed by atoms with van der Waals surface area (Å²) in [5.74, 6) is -0.841. The highest BCUT2D eigenvalue weighted by atomic mass is 16.5. The van der Waals surface area contributed by atoms with E-state index in [0.29, 0.717) is 19.8 Å². The molecule has 0 aliphatic rings. The Bertz CT molecular complexity index is 580. The summed E-state index contributed by atoms with van der Waals surface area (Å²) in [6, 6.07) is 14.7. The van der Waals surface area contributed by atoms with E-state index in [1.165, 1.54) is 16.3 Å². The minimum Gasteiger partial charge on any atom is -0.481 e. The van der Waals surface area contributed by atoms with Crippen LogP contribution in [0.25, 0.3) is 10.8 Å². The van der Waals surface area contributed by atoms with E-state index in [2.05, 4.69) is 30.3 Å². The van der Waals surface area contributed by atoms with Crippen LogP contribution in [-0.2, 0) is 20.7 Å². The van der Waals surface area contributed by atoms with Crippen molar-refractivity contribution in [1.82, 2.24) is 0 Å². The second-order valence-electron chi connectivity index (χ2n) is 4.80. The number of carboxylic acids is 1. The molecule has 112 valence electrons. The summed E-state index contributed by atoms with van der Waals surface area (Å²) in [6.07, 6.45) is 0.900. The number of rotatable bonds is 9. The molecule has 2 rings (SSSR count). The van der Waals surface area contributed by atoms with Gasteiger partial charge >= 0.3 is 5.97 Å². The van der Waals surface area contributed by atoms with Crippen molar-refractivity contribution in [1.29, 1.82) is 0 Å². The summed E-state index contributed by atoms with van der Waals surface area (Å²) < 4.78 is 10.6. The lowest BCUT2D eigenvalue weighted by Crippen LogP contribution is -2.09. The Morgan fingerprint density at radius 3 is 2.38 bits per heavy atom. The fraction of sp³-hybridized carbons (Fsp3) is 0.353. The number of aliphatic carboxylic acids is 1. The largest absolute Gasteiger partial charge is 0.481 e. The molecule has 4 heteroatoms. The molecule has 21 heavy (non-hydrogen) atoms. The Labute approximate surface area is 124 Å². The Morgan fingerprint density at radius 2 is 1.62 bits per heavy atom. The molecule has 0 fully saturated rings. The van der Waals surface area contributed by atoms with Gasteiger partial charge in [0.25, 0.3) is 0 Å². The van der Waals surface area contributed by atoms with Crippen LogP contribution >= 0.6 is 0 Å². The van der Waals surface area contributed by atoms with Crippen molar-refractivity contribution in [2.75, 3.05) is 26.4 Å². The first-order valence-electron chi connectivity index (χ1n) is 7.10. The fourth-order valence-electron chi connectivity index (χ4n) is 2.07. The standard InChI is InChI=1S/C17H20O4/c18-17(19)8-10-21-12-11-20-9-7-14-5-6-15-3-1-2-4-16(15)13-14/h1-6,13H,7-12H2,(H,18,19). The second-order valence-corrected chi connectivity index (χ2v) is 4.80. The van der Waals surface area contributed by atoms with Gasteiger partial charge in [0, 0.05) is 0 Å². The lowest BCUT2D eigenvalue weighted by atomic mass is 10.1. The minimum atomic E-state index is -0.841. The predicted octanol–water partition coefficient (Wildman–Crippen LogP) is 2.89. The van der Waals surface area contributed by atoms with Gasteiger partial charge in [0.15, 0.2) is 0 Å². The fourth-order valence-corrected chi connectivity index (χ4v) is 2.07. The van der Waals surface area contributed by atoms with Gasteiger partial charge in [-0.1, -0.05) is 42.5 Å². The van der Waals surface area contributed by atoms with Gasteiger partial charge in [0.2, 0.25) is 0 Å². The summed E-state index contributed by atoms with van der Waals surface area (Å²) in [5.41, 5.74) is 1.25. The average Bonchev–Trinajstić information content (AvgIpc) is 2.49. The minimum absolute atomic E-state index is 0.0388. The van der Waals surface area contributed by atoms with Crippen LogP contribution in [0.5, 0.6) is 0 Å². The Hall–Kier alpha value is -1.91. The van der Waals surface area contributed by atoms with Crippen molar-refractivity contribution in [3.8, 4) is 0 Å². The molecule has 0 unspecified atom stereocenters. The van der Waals surface area contributed by atoms with Crippen molar-refractivity contribution in [2.45, 2.75) is 12.8 Å². The number of fused-ring (bicyclic) bond motifs is 1. The molecule has 0 bridgehead atoms. The average molecular weight is 288 g/mol. The molecule has 4 nitrogen and oxygen atoms in total. The van der Waals surface area contributed by atoms with E-state index in [1.807, 2.05) is 12.1 Å². The first kappa shape index (κ1) is 15.5. The van der Waals surface area contributed by atoms with E-state index in [-0.39, 0.29) is 13.0 Å². The molecule has 0 aromatic heterocycles. The molecule has 0 radical (unpaired) electrons. The van der Waals surface area contributed by atoms with E-state index >= 15 is 0 Å². The van der Waals surface area contributed by atoms with Crippen molar-refractivity contribution >= 4 is 16.7 Å². The van der Waals surface area contributed by atoms with E-state index in [9.17, 15) is 4.79 Å². The first-order valence-corrected chi connectivity index (χ1v) is 7.10.